The van der Waals surface area contributed by atoms with Crippen LogP contribution in [0.2, 0.25) is 0 Å². The molecule has 0 radical (unpaired) electrons. The molecule has 0 bridgehead atoms. The second-order valence-electron chi connectivity index (χ2n) is 7.01. The predicted molar refractivity (Wildman–Crippen MR) is 106 cm³/mol. The minimum Gasteiger partial charge on any atom is -0.350 e. The van der Waals surface area contributed by atoms with E-state index < -0.39 is 5.92 Å². The first-order valence-corrected chi connectivity index (χ1v) is 9.14. The van der Waals surface area contributed by atoms with Gasteiger partial charge >= 0.3 is 0 Å². The van der Waals surface area contributed by atoms with Gasteiger partial charge in [-0.25, -0.2) is 5.10 Å². The first-order chi connectivity index (χ1) is 13.5. The molecule has 1 saturated heterocycles. The van der Waals surface area contributed by atoms with E-state index >= 15 is 0 Å². The molecule has 0 saturated carbocycles. The summed E-state index contributed by atoms with van der Waals surface area (Å²) in [6.07, 6.45) is 0.180. The van der Waals surface area contributed by atoms with Crippen LogP contribution in [0.25, 0.3) is 10.8 Å². The fraction of sp³-hybridized carbons (Fsp3) is 0.238. The number of anilines is 1. The van der Waals surface area contributed by atoms with Crippen LogP contribution in [0, 0.1) is 12.8 Å². The quantitative estimate of drug-likeness (QED) is 0.727. The van der Waals surface area contributed by atoms with Crippen molar-refractivity contribution in [1.29, 1.82) is 0 Å². The molecule has 2 amide bonds. The largest absolute Gasteiger partial charge is 0.350 e. The summed E-state index contributed by atoms with van der Waals surface area (Å²) in [5, 5.41) is 10.6. The molecular formula is C21H20N4O3. The molecule has 2 heterocycles. The molecule has 7 heteroatoms. The minimum absolute atomic E-state index is 0.0571. The third kappa shape index (κ3) is 3.38. The summed E-state index contributed by atoms with van der Waals surface area (Å²) in [4.78, 5) is 38.5. The number of aryl methyl sites for hydroxylation is 1. The first kappa shape index (κ1) is 17.9. The fourth-order valence-electron chi connectivity index (χ4n) is 3.55. The number of aromatic amines is 1. The maximum absolute atomic E-state index is 12.6. The van der Waals surface area contributed by atoms with Crippen molar-refractivity contribution < 1.29 is 9.59 Å². The van der Waals surface area contributed by atoms with E-state index in [1.165, 1.54) is 0 Å². The van der Waals surface area contributed by atoms with Crippen LogP contribution in [0.5, 0.6) is 0 Å². The maximum atomic E-state index is 12.6. The number of rotatable bonds is 4. The molecule has 0 unspecified atom stereocenters. The fourth-order valence-corrected chi connectivity index (χ4v) is 3.55. The molecule has 2 N–H and O–H groups in total. The van der Waals surface area contributed by atoms with Crippen molar-refractivity contribution in [3.8, 4) is 0 Å². The number of hydrogen-bond donors (Lipinski definition) is 2. The zero-order chi connectivity index (χ0) is 19.7. The van der Waals surface area contributed by atoms with Crippen LogP contribution in [0.15, 0.2) is 53.3 Å². The summed E-state index contributed by atoms with van der Waals surface area (Å²) < 4.78 is 0. The van der Waals surface area contributed by atoms with Gasteiger partial charge in [0.1, 0.15) is 0 Å². The third-order valence-corrected chi connectivity index (χ3v) is 5.01. The van der Waals surface area contributed by atoms with Crippen molar-refractivity contribution >= 4 is 28.3 Å². The number of fused-ring (bicyclic) bond motifs is 1. The van der Waals surface area contributed by atoms with Gasteiger partial charge in [0.2, 0.25) is 11.8 Å². The van der Waals surface area contributed by atoms with Crippen molar-refractivity contribution in [3.05, 3.63) is 70.1 Å². The van der Waals surface area contributed by atoms with Gasteiger partial charge in [-0.05, 0) is 30.7 Å². The molecule has 0 aliphatic carbocycles. The van der Waals surface area contributed by atoms with E-state index in [9.17, 15) is 14.4 Å². The normalized spacial score (nSPS) is 16.5. The van der Waals surface area contributed by atoms with Crippen LogP contribution < -0.4 is 15.8 Å². The lowest BCUT2D eigenvalue weighted by Crippen LogP contribution is -2.33. The van der Waals surface area contributed by atoms with Crippen molar-refractivity contribution in [1.82, 2.24) is 15.5 Å². The number of carbonyl (C=O) groups is 2. The van der Waals surface area contributed by atoms with Gasteiger partial charge in [-0.2, -0.15) is 5.10 Å². The number of nitrogens with zero attached hydrogens (tertiary/aromatic N) is 2. The molecule has 1 aliphatic heterocycles. The number of nitrogens with one attached hydrogen (secondary N) is 2. The molecule has 3 aromatic rings. The average Bonchev–Trinajstić information content (AvgIpc) is 3.09. The van der Waals surface area contributed by atoms with Gasteiger partial charge in [-0.1, -0.05) is 30.3 Å². The molecule has 28 heavy (non-hydrogen) atoms. The van der Waals surface area contributed by atoms with E-state index in [-0.39, 0.29) is 30.3 Å². The Kier molecular flexibility index (Phi) is 4.65. The van der Waals surface area contributed by atoms with Crippen LogP contribution in [0.1, 0.15) is 17.7 Å². The van der Waals surface area contributed by atoms with Crippen LogP contribution in [0.4, 0.5) is 5.69 Å². The molecule has 1 aromatic heterocycles. The molecule has 7 nitrogen and oxygen atoms in total. The maximum Gasteiger partial charge on any atom is 0.272 e. The Labute approximate surface area is 161 Å². The van der Waals surface area contributed by atoms with E-state index in [1.54, 1.807) is 23.1 Å². The summed E-state index contributed by atoms with van der Waals surface area (Å²) in [5.74, 6) is -0.666. The summed E-state index contributed by atoms with van der Waals surface area (Å²) in [5.41, 5.74) is 2.20. The highest BCUT2D eigenvalue weighted by molar-refractivity contribution is 6.00. The summed E-state index contributed by atoms with van der Waals surface area (Å²) in [6, 6.07) is 14.8. The minimum atomic E-state index is -0.415. The van der Waals surface area contributed by atoms with Crippen LogP contribution in [-0.2, 0) is 16.1 Å². The second kappa shape index (κ2) is 7.26. The predicted octanol–water partition coefficient (Wildman–Crippen LogP) is 1.90. The number of benzene rings is 2. The number of H-pyrrole nitrogens is 1. The van der Waals surface area contributed by atoms with E-state index in [0.29, 0.717) is 23.0 Å². The second-order valence-corrected chi connectivity index (χ2v) is 7.01. The number of hydrogen-bond acceptors (Lipinski definition) is 4. The molecular weight excluding hydrogens is 356 g/mol. The lowest BCUT2D eigenvalue weighted by molar-refractivity contribution is -0.126. The Morgan fingerprint density at radius 3 is 2.75 bits per heavy atom. The highest BCUT2D eigenvalue weighted by atomic mass is 16.2. The Morgan fingerprint density at radius 2 is 1.96 bits per heavy atom. The molecule has 4 rings (SSSR count). The smallest absolute Gasteiger partial charge is 0.272 e. The highest BCUT2D eigenvalue weighted by Gasteiger charge is 2.35. The van der Waals surface area contributed by atoms with E-state index in [4.69, 9.17) is 0 Å². The average molecular weight is 376 g/mol. The van der Waals surface area contributed by atoms with Gasteiger partial charge in [0, 0.05) is 24.0 Å². The summed E-state index contributed by atoms with van der Waals surface area (Å²) in [7, 11) is 0. The SMILES string of the molecule is Cc1cccc(N2C[C@H](C(=O)NCc3n[nH]c(=O)c4ccccc34)CC2=O)c1. The first-order valence-electron chi connectivity index (χ1n) is 9.14. The van der Waals surface area contributed by atoms with E-state index in [2.05, 4.69) is 15.5 Å². The van der Waals surface area contributed by atoms with Crippen LogP contribution >= 0.6 is 0 Å². The van der Waals surface area contributed by atoms with E-state index in [1.807, 2.05) is 37.3 Å². The molecule has 0 spiro atoms. The van der Waals surface area contributed by atoms with Gasteiger partial charge in [0.15, 0.2) is 0 Å². The Morgan fingerprint density at radius 1 is 1.18 bits per heavy atom. The van der Waals surface area contributed by atoms with Crippen molar-refractivity contribution in [2.75, 3.05) is 11.4 Å². The monoisotopic (exact) mass is 376 g/mol. The topological polar surface area (TPSA) is 95.2 Å². The molecule has 1 atom stereocenters. The highest BCUT2D eigenvalue weighted by Crippen LogP contribution is 2.26. The zero-order valence-electron chi connectivity index (χ0n) is 15.4. The van der Waals surface area contributed by atoms with Crippen LogP contribution in [0.3, 0.4) is 0 Å². The lowest BCUT2D eigenvalue weighted by atomic mass is 10.1. The van der Waals surface area contributed by atoms with E-state index in [0.717, 1.165) is 11.3 Å². The Bertz CT molecular complexity index is 1120. The summed E-state index contributed by atoms with van der Waals surface area (Å²) >= 11 is 0. The number of carbonyl (C=O) groups excluding carboxylic acids is 2. The van der Waals surface area contributed by atoms with Gasteiger partial charge in [-0.15, -0.1) is 0 Å². The standard InChI is InChI=1S/C21H20N4O3/c1-13-5-4-6-15(9-13)25-12-14(10-19(25)26)20(27)22-11-18-16-7-2-3-8-17(16)21(28)24-23-18/h2-9,14H,10-12H2,1H3,(H,22,27)(H,24,28)/t14-/m1/s1. The Hall–Kier alpha value is -3.48. The number of amides is 2. The van der Waals surface area contributed by atoms with Gasteiger partial charge in [-0.3, -0.25) is 14.4 Å². The van der Waals surface area contributed by atoms with Crippen molar-refractivity contribution in [3.63, 3.8) is 0 Å². The molecule has 1 aliphatic rings. The molecule has 1 fully saturated rings. The van der Waals surface area contributed by atoms with Crippen molar-refractivity contribution in [2.24, 2.45) is 5.92 Å². The molecule has 142 valence electrons. The van der Waals surface area contributed by atoms with Crippen LogP contribution in [-0.4, -0.2) is 28.6 Å². The Balaban J connectivity index is 1.46. The summed E-state index contributed by atoms with van der Waals surface area (Å²) in [6.45, 7) is 2.51. The third-order valence-electron chi connectivity index (χ3n) is 5.01. The van der Waals surface area contributed by atoms with Gasteiger partial charge in [0.25, 0.3) is 5.56 Å². The number of aromatic nitrogens is 2. The van der Waals surface area contributed by atoms with Gasteiger partial charge in [0.05, 0.1) is 23.5 Å². The van der Waals surface area contributed by atoms with Crippen molar-refractivity contribution in [2.45, 2.75) is 19.9 Å². The lowest BCUT2D eigenvalue weighted by Gasteiger charge is -2.17. The molecule has 2 aromatic carbocycles. The van der Waals surface area contributed by atoms with Gasteiger partial charge < -0.3 is 10.2 Å². The zero-order valence-corrected chi connectivity index (χ0v) is 15.4.